The summed E-state index contributed by atoms with van der Waals surface area (Å²) in [6.45, 7) is 6.68. The van der Waals surface area contributed by atoms with Crippen LogP contribution in [0, 0.1) is 0 Å². The second kappa shape index (κ2) is 5.72. The van der Waals surface area contributed by atoms with Gasteiger partial charge in [0.1, 0.15) is 5.69 Å². The number of carbonyl (C=O) groups is 1. The molecule has 0 radical (unpaired) electrons. The summed E-state index contributed by atoms with van der Waals surface area (Å²) in [5.41, 5.74) is 0.885. The van der Waals surface area contributed by atoms with Crippen LogP contribution in [-0.2, 0) is 9.47 Å². The predicted molar refractivity (Wildman–Crippen MR) is 66.3 cm³/mol. The van der Waals surface area contributed by atoms with Gasteiger partial charge < -0.3 is 19.8 Å². The van der Waals surface area contributed by atoms with Gasteiger partial charge in [-0.05, 0) is 26.8 Å². The molecule has 0 aromatic carbocycles. The quantitative estimate of drug-likeness (QED) is 0.747. The van der Waals surface area contributed by atoms with Crippen molar-refractivity contribution in [1.82, 2.24) is 4.98 Å². The maximum absolute atomic E-state index is 11.6. The maximum atomic E-state index is 11.6. The van der Waals surface area contributed by atoms with Crippen LogP contribution < -0.4 is 5.32 Å². The fourth-order valence-electron chi connectivity index (χ4n) is 1.27. The first-order valence-electron chi connectivity index (χ1n) is 5.63. The summed E-state index contributed by atoms with van der Waals surface area (Å²) in [6.07, 6.45) is 1.70. The average Bonchev–Trinajstić information content (AvgIpc) is 2.75. The normalized spacial score (nSPS) is 11.3. The van der Waals surface area contributed by atoms with Gasteiger partial charge in [0.05, 0.1) is 17.9 Å². The molecule has 0 aliphatic rings. The molecule has 0 amide bonds. The van der Waals surface area contributed by atoms with E-state index >= 15 is 0 Å². The number of aromatic amines is 1. The van der Waals surface area contributed by atoms with Crippen LogP contribution in [0.15, 0.2) is 12.3 Å². The molecule has 2 N–H and O–H groups in total. The van der Waals surface area contributed by atoms with E-state index in [4.69, 9.17) is 9.47 Å². The molecule has 0 spiro atoms. The van der Waals surface area contributed by atoms with Gasteiger partial charge in [0.2, 0.25) is 0 Å². The Morgan fingerprint density at radius 2 is 2.24 bits per heavy atom. The van der Waals surface area contributed by atoms with Crippen molar-refractivity contribution in [3.05, 3.63) is 18.0 Å². The lowest BCUT2D eigenvalue weighted by Crippen LogP contribution is -2.32. The van der Waals surface area contributed by atoms with Gasteiger partial charge >= 0.3 is 5.97 Å². The van der Waals surface area contributed by atoms with E-state index < -0.39 is 0 Å². The zero-order valence-electron chi connectivity index (χ0n) is 10.8. The number of methoxy groups -OCH3 is 1. The monoisotopic (exact) mass is 240 g/mol. The molecule has 0 unspecified atom stereocenters. The second-order valence-corrected chi connectivity index (χ2v) is 4.30. The molecule has 0 bridgehead atoms. The van der Waals surface area contributed by atoms with Crippen LogP contribution in [0.5, 0.6) is 0 Å². The highest BCUT2D eigenvalue weighted by molar-refractivity contribution is 5.93. The predicted octanol–water partition coefficient (Wildman–Crippen LogP) is 2.03. The molecule has 1 aromatic rings. The Hall–Kier alpha value is -1.49. The summed E-state index contributed by atoms with van der Waals surface area (Å²) in [5.74, 6) is -0.352. The van der Waals surface area contributed by atoms with Gasteiger partial charge in [0.25, 0.3) is 0 Å². The van der Waals surface area contributed by atoms with Crippen molar-refractivity contribution in [2.75, 3.05) is 25.6 Å². The van der Waals surface area contributed by atoms with E-state index in [2.05, 4.69) is 10.3 Å². The molecule has 5 heteroatoms. The van der Waals surface area contributed by atoms with Gasteiger partial charge in [-0.25, -0.2) is 4.79 Å². The third-order valence-corrected chi connectivity index (χ3v) is 2.48. The second-order valence-electron chi connectivity index (χ2n) is 4.30. The third kappa shape index (κ3) is 3.78. The fraction of sp³-hybridized carbons (Fsp3) is 0.583. The van der Waals surface area contributed by atoms with Gasteiger partial charge in [0.15, 0.2) is 0 Å². The number of nitrogens with one attached hydrogen (secondary N) is 2. The molecule has 1 rings (SSSR count). The minimum absolute atomic E-state index is 0.288. The Morgan fingerprint density at radius 3 is 2.82 bits per heavy atom. The lowest BCUT2D eigenvalue weighted by molar-refractivity contribution is 0.0342. The van der Waals surface area contributed by atoms with E-state index in [0.29, 0.717) is 18.8 Å². The minimum atomic E-state index is -0.352. The Kier molecular flexibility index (Phi) is 4.57. The van der Waals surface area contributed by atoms with E-state index in [1.54, 1.807) is 26.3 Å². The van der Waals surface area contributed by atoms with Gasteiger partial charge in [-0.15, -0.1) is 0 Å². The molecular formula is C12H20N2O3. The zero-order chi connectivity index (χ0) is 12.9. The Bertz CT molecular complexity index is 372. The van der Waals surface area contributed by atoms with E-state index in [1.165, 1.54) is 0 Å². The fourth-order valence-corrected chi connectivity index (χ4v) is 1.27. The smallest absolute Gasteiger partial charge is 0.356 e. The highest BCUT2D eigenvalue weighted by Crippen LogP contribution is 2.17. The first-order valence-corrected chi connectivity index (χ1v) is 5.63. The molecule has 0 fully saturated rings. The average molecular weight is 240 g/mol. The van der Waals surface area contributed by atoms with Crippen LogP contribution in [0.2, 0.25) is 0 Å². The molecule has 5 nitrogen and oxygen atoms in total. The summed E-state index contributed by atoms with van der Waals surface area (Å²) in [7, 11) is 1.66. The van der Waals surface area contributed by atoms with Gasteiger partial charge in [-0.2, -0.15) is 0 Å². The Morgan fingerprint density at radius 1 is 1.53 bits per heavy atom. The molecule has 17 heavy (non-hydrogen) atoms. The molecule has 0 saturated heterocycles. The lowest BCUT2D eigenvalue weighted by atomic mass is 10.1. The number of rotatable bonds is 6. The summed E-state index contributed by atoms with van der Waals surface area (Å²) in [5, 5.41) is 3.17. The van der Waals surface area contributed by atoms with E-state index in [0.717, 1.165) is 5.69 Å². The number of aromatic nitrogens is 1. The third-order valence-electron chi connectivity index (χ3n) is 2.48. The highest BCUT2D eigenvalue weighted by Gasteiger charge is 2.19. The number of carbonyl (C=O) groups excluding carboxylic acids is 1. The molecule has 0 aliphatic heterocycles. The standard InChI is InChI=1S/C12H20N2O3/c1-5-17-11(15)10-9(6-7-13-10)14-8-12(2,3)16-4/h6-7,13-14H,5,8H2,1-4H3. The molecule has 1 aromatic heterocycles. The SMILES string of the molecule is CCOC(=O)c1[nH]ccc1NCC(C)(C)OC. The van der Waals surface area contributed by atoms with Gasteiger partial charge in [0, 0.05) is 19.9 Å². The molecule has 0 atom stereocenters. The summed E-state index contributed by atoms with van der Waals surface area (Å²) < 4.78 is 10.2. The highest BCUT2D eigenvalue weighted by atomic mass is 16.5. The molecule has 0 aliphatic carbocycles. The number of hydrogen-bond acceptors (Lipinski definition) is 4. The van der Waals surface area contributed by atoms with Crippen molar-refractivity contribution in [3.63, 3.8) is 0 Å². The summed E-state index contributed by atoms with van der Waals surface area (Å²) in [4.78, 5) is 14.5. The molecule has 96 valence electrons. The van der Waals surface area contributed by atoms with E-state index in [-0.39, 0.29) is 11.6 Å². The van der Waals surface area contributed by atoms with Crippen molar-refractivity contribution >= 4 is 11.7 Å². The van der Waals surface area contributed by atoms with Gasteiger partial charge in [-0.1, -0.05) is 0 Å². The van der Waals surface area contributed by atoms with Crippen LogP contribution in [0.4, 0.5) is 5.69 Å². The van der Waals surface area contributed by atoms with Crippen molar-refractivity contribution in [3.8, 4) is 0 Å². The van der Waals surface area contributed by atoms with E-state index in [9.17, 15) is 4.79 Å². The topological polar surface area (TPSA) is 63.4 Å². The summed E-state index contributed by atoms with van der Waals surface area (Å²) >= 11 is 0. The van der Waals surface area contributed by atoms with Crippen molar-refractivity contribution in [2.45, 2.75) is 26.4 Å². The van der Waals surface area contributed by atoms with Crippen LogP contribution in [0.3, 0.4) is 0 Å². The molecule has 1 heterocycles. The summed E-state index contributed by atoms with van der Waals surface area (Å²) in [6, 6.07) is 1.80. The first kappa shape index (κ1) is 13.6. The Balaban J connectivity index is 2.66. The van der Waals surface area contributed by atoms with Crippen LogP contribution in [-0.4, -0.2) is 36.8 Å². The lowest BCUT2D eigenvalue weighted by Gasteiger charge is -2.23. The number of hydrogen-bond donors (Lipinski definition) is 2. The molecular weight excluding hydrogens is 220 g/mol. The minimum Gasteiger partial charge on any atom is -0.461 e. The Labute approximate surface area is 101 Å². The van der Waals surface area contributed by atoms with Crippen molar-refractivity contribution in [2.24, 2.45) is 0 Å². The van der Waals surface area contributed by atoms with Crippen molar-refractivity contribution in [1.29, 1.82) is 0 Å². The van der Waals surface area contributed by atoms with Crippen molar-refractivity contribution < 1.29 is 14.3 Å². The van der Waals surface area contributed by atoms with Crippen LogP contribution in [0.1, 0.15) is 31.3 Å². The van der Waals surface area contributed by atoms with E-state index in [1.807, 2.05) is 13.8 Å². The van der Waals surface area contributed by atoms with Crippen LogP contribution in [0.25, 0.3) is 0 Å². The number of esters is 1. The number of H-pyrrole nitrogens is 1. The largest absolute Gasteiger partial charge is 0.461 e. The van der Waals surface area contributed by atoms with Gasteiger partial charge in [-0.3, -0.25) is 0 Å². The molecule has 0 saturated carbocycles. The first-order chi connectivity index (χ1) is 8.00. The number of ether oxygens (including phenoxy) is 2. The van der Waals surface area contributed by atoms with Crippen LogP contribution >= 0.6 is 0 Å². The number of anilines is 1. The maximum Gasteiger partial charge on any atom is 0.356 e. The zero-order valence-corrected chi connectivity index (χ0v) is 10.8.